The van der Waals surface area contributed by atoms with Crippen LogP contribution < -0.4 is 15.8 Å². The Hall–Kier alpha value is -1.54. The molecule has 0 unspecified atom stereocenters. The van der Waals surface area contributed by atoms with Gasteiger partial charge in [0.05, 0.1) is 11.6 Å². The first kappa shape index (κ1) is 19.5. The maximum absolute atomic E-state index is 5.79. The summed E-state index contributed by atoms with van der Waals surface area (Å²) in [6, 6.07) is 13.6. The summed E-state index contributed by atoms with van der Waals surface area (Å²) in [7, 11) is 0. The van der Waals surface area contributed by atoms with E-state index in [0.717, 1.165) is 6.42 Å². The van der Waals surface area contributed by atoms with Crippen LogP contribution in [0.3, 0.4) is 0 Å². The largest absolute Gasteiger partial charge is 0.476 e. The minimum atomic E-state index is 0. The van der Waals surface area contributed by atoms with Crippen LogP contribution in [-0.2, 0) is 6.42 Å². The topological polar surface area (TPSA) is 72.5 Å². The van der Waals surface area contributed by atoms with Crippen molar-refractivity contribution in [3.05, 3.63) is 59.2 Å². The first-order valence-electron chi connectivity index (χ1n) is 7.06. The summed E-state index contributed by atoms with van der Waals surface area (Å²) < 4.78 is 5.44. The lowest BCUT2D eigenvalue weighted by Gasteiger charge is -2.07. The van der Waals surface area contributed by atoms with Crippen LogP contribution in [0.25, 0.3) is 0 Å². The van der Waals surface area contributed by atoms with E-state index < -0.39 is 0 Å². The van der Waals surface area contributed by atoms with Crippen molar-refractivity contribution in [1.82, 2.24) is 10.3 Å². The predicted molar refractivity (Wildman–Crippen MR) is 105 cm³/mol. The van der Waals surface area contributed by atoms with Crippen molar-refractivity contribution in [2.24, 2.45) is 10.7 Å². The third-order valence-electron chi connectivity index (χ3n) is 2.88. The smallest absolute Gasteiger partial charge is 0.213 e. The Balaban J connectivity index is 0.00000264. The number of nitrogens with two attached hydrogens (primary N) is 1. The van der Waals surface area contributed by atoms with Gasteiger partial charge in [0.1, 0.15) is 6.61 Å². The minimum Gasteiger partial charge on any atom is -0.476 e. The highest BCUT2D eigenvalue weighted by Crippen LogP contribution is 2.10. The van der Waals surface area contributed by atoms with Crippen molar-refractivity contribution < 1.29 is 4.74 Å². The van der Waals surface area contributed by atoms with Crippen LogP contribution in [0.5, 0.6) is 5.88 Å². The van der Waals surface area contributed by atoms with Gasteiger partial charge in [-0.25, -0.2) is 4.98 Å². The molecule has 1 heterocycles. The molecule has 0 aliphatic heterocycles. The zero-order valence-corrected chi connectivity index (χ0v) is 15.7. The van der Waals surface area contributed by atoms with Gasteiger partial charge in [0.2, 0.25) is 5.88 Å². The van der Waals surface area contributed by atoms with Gasteiger partial charge in [-0.15, -0.1) is 24.0 Å². The number of benzene rings is 1. The molecule has 0 saturated heterocycles. The van der Waals surface area contributed by atoms with Crippen LogP contribution in [0.15, 0.2) is 53.7 Å². The van der Waals surface area contributed by atoms with E-state index in [1.165, 1.54) is 5.56 Å². The predicted octanol–water partition coefficient (Wildman–Crippen LogP) is 2.88. The van der Waals surface area contributed by atoms with Crippen molar-refractivity contribution in [1.29, 1.82) is 0 Å². The first-order chi connectivity index (χ1) is 10.7. The van der Waals surface area contributed by atoms with Gasteiger partial charge >= 0.3 is 0 Å². The Bertz CT molecular complexity index is 593. The molecule has 0 atom stereocenters. The van der Waals surface area contributed by atoms with Crippen LogP contribution >= 0.6 is 35.6 Å². The highest BCUT2D eigenvalue weighted by molar-refractivity contribution is 14.0. The molecule has 0 aliphatic rings. The quantitative estimate of drug-likeness (QED) is 0.297. The summed E-state index contributed by atoms with van der Waals surface area (Å²) in [5, 5.41) is 3.58. The third-order valence-corrected chi connectivity index (χ3v) is 3.11. The molecule has 5 nitrogen and oxygen atoms in total. The summed E-state index contributed by atoms with van der Waals surface area (Å²) in [4.78, 5) is 8.30. The van der Waals surface area contributed by atoms with Crippen molar-refractivity contribution in [2.45, 2.75) is 6.42 Å². The van der Waals surface area contributed by atoms with Crippen LogP contribution in [-0.4, -0.2) is 30.6 Å². The van der Waals surface area contributed by atoms with Crippen molar-refractivity contribution in [2.75, 3.05) is 19.7 Å². The van der Waals surface area contributed by atoms with E-state index in [0.29, 0.717) is 36.6 Å². The van der Waals surface area contributed by atoms with Crippen molar-refractivity contribution in [3.63, 3.8) is 0 Å². The number of hydrogen-bond donors (Lipinski definition) is 2. The Morgan fingerprint density at radius 1 is 1.22 bits per heavy atom. The highest BCUT2D eigenvalue weighted by atomic mass is 127. The van der Waals surface area contributed by atoms with E-state index in [2.05, 4.69) is 27.4 Å². The van der Waals surface area contributed by atoms with E-state index in [1.54, 1.807) is 18.3 Å². The summed E-state index contributed by atoms with van der Waals surface area (Å²) in [5.74, 6) is 0.953. The molecule has 1 aromatic heterocycles. The van der Waals surface area contributed by atoms with Crippen LogP contribution in [0, 0.1) is 0 Å². The molecule has 0 fully saturated rings. The van der Waals surface area contributed by atoms with E-state index in [-0.39, 0.29) is 24.0 Å². The minimum absolute atomic E-state index is 0. The molecule has 0 radical (unpaired) electrons. The van der Waals surface area contributed by atoms with Crippen molar-refractivity contribution in [3.8, 4) is 5.88 Å². The SMILES string of the molecule is I.NC(=NCCc1ccccc1)NCCOc1ccc(Cl)cn1. The summed E-state index contributed by atoms with van der Waals surface area (Å²) in [6.07, 6.45) is 2.41. The molecule has 7 heteroatoms. The summed E-state index contributed by atoms with van der Waals surface area (Å²) in [5.41, 5.74) is 7.03. The second-order valence-corrected chi connectivity index (χ2v) is 5.03. The number of halogens is 2. The van der Waals surface area contributed by atoms with Gasteiger partial charge in [-0.05, 0) is 18.1 Å². The maximum atomic E-state index is 5.79. The van der Waals surface area contributed by atoms with Gasteiger partial charge in [0.15, 0.2) is 5.96 Å². The zero-order valence-electron chi connectivity index (χ0n) is 12.6. The molecule has 0 amide bonds. The number of hydrogen-bond acceptors (Lipinski definition) is 3. The number of rotatable bonds is 7. The second kappa shape index (κ2) is 11.1. The number of nitrogens with one attached hydrogen (secondary N) is 1. The fourth-order valence-corrected chi connectivity index (χ4v) is 1.90. The molecule has 2 rings (SSSR count). The molecule has 2 aromatic rings. The van der Waals surface area contributed by atoms with Crippen molar-refractivity contribution >= 4 is 41.5 Å². The Labute approximate surface area is 158 Å². The van der Waals surface area contributed by atoms with E-state index in [9.17, 15) is 0 Å². The molecule has 0 spiro atoms. The van der Waals surface area contributed by atoms with E-state index in [1.807, 2.05) is 18.2 Å². The molecular formula is C16H20ClIN4O. The number of pyridine rings is 1. The fourth-order valence-electron chi connectivity index (χ4n) is 1.79. The van der Waals surface area contributed by atoms with E-state index in [4.69, 9.17) is 22.1 Å². The fraction of sp³-hybridized carbons (Fsp3) is 0.250. The molecule has 23 heavy (non-hydrogen) atoms. The standard InChI is InChI=1S/C16H19ClN4O.HI/c17-14-6-7-15(21-12-14)22-11-10-20-16(18)19-9-8-13-4-2-1-3-5-13;/h1-7,12H,8-11H2,(H3,18,19,20);1H. The van der Waals surface area contributed by atoms with Gasteiger partial charge < -0.3 is 15.8 Å². The highest BCUT2D eigenvalue weighted by Gasteiger charge is 1.96. The summed E-state index contributed by atoms with van der Waals surface area (Å²) >= 11 is 5.74. The Kier molecular flexibility index (Phi) is 9.39. The molecule has 1 aromatic carbocycles. The zero-order chi connectivity index (χ0) is 15.6. The first-order valence-corrected chi connectivity index (χ1v) is 7.44. The molecule has 0 saturated carbocycles. The van der Waals surface area contributed by atoms with Crippen LogP contribution in [0.4, 0.5) is 0 Å². The second-order valence-electron chi connectivity index (χ2n) is 4.59. The molecular weight excluding hydrogens is 427 g/mol. The lowest BCUT2D eigenvalue weighted by molar-refractivity contribution is 0.310. The molecule has 0 aliphatic carbocycles. The number of ether oxygens (including phenoxy) is 1. The number of aromatic nitrogens is 1. The summed E-state index contributed by atoms with van der Waals surface area (Å²) in [6.45, 7) is 1.66. The van der Waals surface area contributed by atoms with Crippen LogP contribution in [0.1, 0.15) is 5.56 Å². The number of nitrogens with zero attached hydrogens (tertiary/aromatic N) is 2. The average Bonchev–Trinajstić information content (AvgIpc) is 2.54. The van der Waals surface area contributed by atoms with Gasteiger partial charge in [-0.1, -0.05) is 41.9 Å². The lowest BCUT2D eigenvalue weighted by atomic mass is 10.2. The maximum Gasteiger partial charge on any atom is 0.213 e. The van der Waals surface area contributed by atoms with Gasteiger partial charge in [0.25, 0.3) is 0 Å². The average molecular weight is 447 g/mol. The number of aliphatic imine (C=N–C) groups is 1. The van der Waals surface area contributed by atoms with Gasteiger partial charge in [-0.3, -0.25) is 4.99 Å². The molecule has 0 bridgehead atoms. The monoisotopic (exact) mass is 446 g/mol. The third kappa shape index (κ3) is 8.03. The lowest BCUT2D eigenvalue weighted by Crippen LogP contribution is -2.35. The van der Waals surface area contributed by atoms with Gasteiger partial charge in [-0.2, -0.15) is 0 Å². The van der Waals surface area contributed by atoms with Crippen LogP contribution in [0.2, 0.25) is 5.02 Å². The number of guanidine groups is 1. The van der Waals surface area contributed by atoms with E-state index >= 15 is 0 Å². The molecule has 124 valence electrons. The normalized spacial score (nSPS) is 10.7. The Morgan fingerprint density at radius 3 is 2.70 bits per heavy atom. The Morgan fingerprint density at radius 2 is 2.00 bits per heavy atom. The molecule has 3 N–H and O–H groups in total. The van der Waals surface area contributed by atoms with Gasteiger partial charge in [0, 0.05) is 18.8 Å².